The van der Waals surface area contributed by atoms with Crippen LogP contribution in [0.5, 0.6) is 11.5 Å². The van der Waals surface area contributed by atoms with Gasteiger partial charge >= 0.3 is 0 Å². The zero-order valence-corrected chi connectivity index (χ0v) is 13.0. The van der Waals surface area contributed by atoms with Crippen LogP contribution in [-0.4, -0.2) is 36.1 Å². The maximum absolute atomic E-state index is 13.4. The van der Waals surface area contributed by atoms with Crippen LogP contribution < -0.4 is 4.74 Å². The number of nitrogens with zero attached hydrogens (tertiary/aromatic N) is 1. The third-order valence-corrected chi connectivity index (χ3v) is 3.55. The molecule has 0 atom stereocenters. The lowest BCUT2D eigenvalue weighted by Crippen LogP contribution is -2.31. The van der Waals surface area contributed by atoms with Crippen LogP contribution in [0, 0.1) is 5.82 Å². The SMILES string of the molecule is CN(CCOc1ccccc1F)C(=O)CCc1ccccc1O. The Morgan fingerprint density at radius 2 is 1.87 bits per heavy atom. The summed E-state index contributed by atoms with van der Waals surface area (Å²) in [4.78, 5) is 13.6. The summed E-state index contributed by atoms with van der Waals surface area (Å²) in [5, 5.41) is 9.68. The second kappa shape index (κ2) is 8.17. The van der Waals surface area contributed by atoms with Crippen molar-refractivity contribution in [2.24, 2.45) is 0 Å². The minimum atomic E-state index is -0.416. The Hall–Kier alpha value is -2.56. The van der Waals surface area contributed by atoms with Crippen molar-refractivity contribution in [3.63, 3.8) is 0 Å². The Morgan fingerprint density at radius 3 is 2.61 bits per heavy atom. The summed E-state index contributed by atoms with van der Waals surface area (Å²) >= 11 is 0. The van der Waals surface area contributed by atoms with Crippen LogP contribution in [-0.2, 0) is 11.2 Å². The fourth-order valence-electron chi connectivity index (χ4n) is 2.13. The molecule has 122 valence electrons. The van der Waals surface area contributed by atoms with Crippen LogP contribution >= 0.6 is 0 Å². The predicted molar refractivity (Wildman–Crippen MR) is 86.0 cm³/mol. The normalized spacial score (nSPS) is 10.3. The molecule has 0 aromatic heterocycles. The molecule has 2 aromatic carbocycles. The number of carbonyl (C=O) groups is 1. The Balaban J connectivity index is 1.75. The number of phenols is 1. The molecule has 23 heavy (non-hydrogen) atoms. The average Bonchev–Trinajstić information content (AvgIpc) is 2.55. The minimum Gasteiger partial charge on any atom is -0.508 e. The van der Waals surface area contributed by atoms with Crippen LogP contribution in [0.4, 0.5) is 4.39 Å². The highest BCUT2D eigenvalue weighted by Crippen LogP contribution is 2.18. The number of para-hydroxylation sites is 2. The van der Waals surface area contributed by atoms with E-state index in [1.807, 2.05) is 6.07 Å². The molecule has 0 fully saturated rings. The number of likely N-dealkylation sites (N-methyl/N-ethyl adjacent to an activating group) is 1. The van der Waals surface area contributed by atoms with Crippen molar-refractivity contribution < 1.29 is 19.0 Å². The van der Waals surface area contributed by atoms with Crippen molar-refractivity contribution in [2.75, 3.05) is 20.2 Å². The number of benzene rings is 2. The molecule has 0 saturated carbocycles. The summed E-state index contributed by atoms with van der Waals surface area (Å²) in [5.41, 5.74) is 0.747. The van der Waals surface area contributed by atoms with Crippen molar-refractivity contribution in [1.29, 1.82) is 0 Å². The predicted octanol–water partition coefficient (Wildman–Crippen LogP) is 3.00. The van der Waals surface area contributed by atoms with E-state index in [0.717, 1.165) is 5.56 Å². The molecule has 0 unspecified atom stereocenters. The second-order valence-corrected chi connectivity index (χ2v) is 5.22. The first kappa shape index (κ1) is 16.8. The van der Waals surface area contributed by atoms with Crippen molar-refractivity contribution in [3.05, 3.63) is 59.9 Å². The van der Waals surface area contributed by atoms with E-state index in [-0.39, 0.29) is 24.0 Å². The number of hydrogen-bond acceptors (Lipinski definition) is 3. The summed E-state index contributed by atoms with van der Waals surface area (Å²) in [7, 11) is 1.68. The molecule has 2 rings (SSSR count). The number of aryl methyl sites for hydroxylation is 1. The fourth-order valence-corrected chi connectivity index (χ4v) is 2.13. The van der Waals surface area contributed by atoms with Gasteiger partial charge in [-0.05, 0) is 30.2 Å². The molecular formula is C18H20FNO3. The van der Waals surface area contributed by atoms with Gasteiger partial charge in [0.1, 0.15) is 12.4 Å². The van der Waals surface area contributed by atoms with Crippen LogP contribution in [0.2, 0.25) is 0 Å². The van der Waals surface area contributed by atoms with Gasteiger partial charge < -0.3 is 14.7 Å². The van der Waals surface area contributed by atoms with Crippen molar-refractivity contribution in [3.8, 4) is 11.5 Å². The van der Waals surface area contributed by atoms with Gasteiger partial charge in [-0.3, -0.25) is 4.79 Å². The molecule has 4 nitrogen and oxygen atoms in total. The number of carbonyl (C=O) groups excluding carboxylic acids is 1. The van der Waals surface area contributed by atoms with Gasteiger partial charge in [0.2, 0.25) is 5.91 Å². The molecule has 5 heteroatoms. The number of ether oxygens (including phenoxy) is 1. The van der Waals surface area contributed by atoms with E-state index < -0.39 is 5.82 Å². The molecule has 0 aliphatic carbocycles. The first-order valence-electron chi connectivity index (χ1n) is 7.46. The molecule has 0 saturated heterocycles. The van der Waals surface area contributed by atoms with E-state index in [1.165, 1.54) is 6.07 Å². The molecule has 0 aliphatic heterocycles. The monoisotopic (exact) mass is 317 g/mol. The van der Waals surface area contributed by atoms with Gasteiger partial charge in [0, 0.05) is 13.5 Å². The largest absolute Gasteiger partial charge is 0.508 e. The zero-order valence-electron chi connectivity index (χ0n) is 13.0. The lowest BCUT2D eigenvalue weighted by atomic mass is 10.1. The number of amides is 1. The Bertz CT molecular complexity index is 660. The van der Waals surface area contributed by atoms with Crippen LogP contribution in [0.15, 0.2) is 48.5 Å². The van der Waals surface area contributed by atoms with Gasteiger partial charge in [0.05, 0.1) is 6.54 Å². The number of rotatable bonds is 7. The molecular weight excluding hydrogens is 297 g/mol. The Kier molecular flexibility index (Phi) is 5.97. The molecule has 1 N–H and O–H groups in total. The quantitative estimate of drug-likeness (QED) is 0.854. The zero-order chi connectivity index (χ0) is 16.7. The van der Waals surface area contributed by atoms with Gasteiger partial charge in [0.15, 0.2) is 11.6 Å². The minimum absolute atomic E-state index is 0.0506. The number of hydrogen-bond donors (Lipinski definition) is 1. The maximum atomic E-state index is 13.4. The summed E-state index contributed by atoms with van der Waals surface area (Å²) in [6.07, 6.45) is 0.776. The van der Waals surface area contributed by atoms with E-state index in [2.05, 4.69) is 0 Å². The molecule has 0 bridgehead atoms. The number of aromatic hydroxyl groups is 1. The average molecular weight is 317 g/mol. The summed E-state index contributed by atoms with van der Waals surface area (Å²) in [5.74, 6) is -0.0835. The van der Waals surface area contributed by atoms with Gasteiger partial charge in [0.25, 0.3) is 0 Å². The molecule has 2 aromatic rings. The first-order valence-corrected chi connectivity index (χ1v) is 7.46. The Labute approximate surface area is 135 Å². The van der Waals surface area contributed by atoms with Gasteiger partial charge in [-0.15, -0.1) is 0 Å². The highest BCUT2D eigenvalue weighted by atomic mass is 19.1. The maximum Gasteiger partial charge on any atom is 0.222 e. The fraction of sp³-hybridized carbons (Fsp3) is 0.278. The van der Waals surface area contributed by atoms with Crippen LogP contribution in [0.3, 0.4) is 0 Å². The molecule has 0 aliphatic rings. The van der Waals surface area contributed by atoms with E-state index >= 15 is 0 Å². The topological polar surface area (TPSA) is 49.8 Å². The molecule has 0 spiro atoms. The number of phenolic OH excluding ortho intramolecular Hbond substituents is 1. The summed E-state index contributed by atoms with van der Waals surface area (Å²) in [6, 6.07) is 13.1. The summed E-state index contributed by atoms with van der Waals surface area (Å²) < 4.78 is 18.7. The van der Waals surface area contributed by atoms with E-state index in [9.17, 15) is 14.3 Å². The lowest BCUT2D eigenvalue weighted by molar-refractivity contribution is -0.130. The van der Waals surface area contributed by atoms with Crippen molar-refractivity contribution >= 4 is 5.91 Å². The summed E-state index contributed by atoms with van der Waals surface area (Å²) in [6.45, 7) is 0.591. The van der Waals surface area contributed by atoms with Crippen molar-refractivity contribution in [1.82, 2.24) is 4.90 Å². The van der Waals surface area contributed by atoms with E-state index in [4.69, 9.17) is 4.74 Å². The van der Waals surface area contributed by atoms with E-state index in [0.29, 0.717) is 19.4 Å². The Morgan fingerprint density at radius 1 is 1.17 bits per heavy atom. The van der Waals surface area contributed by atoms with Gasteiger partial charge in [-0.2, -0.15) is 0 Å². The third-order valence-electron chi connectivity index (χ3n) is 3.55. The van der Waals surface area contributed by atoms with E-state index in [1.54, 1.807) is 48.3 Å². The molecule has 0 heterocycles. The van der Waals surface area contributed by atoms with Gasteiger partial charge in [-0.1, -0.05) is 30.3 Å². The highest BCUT2D eigenvalue weighted by Gasteiger charge is 2.11. The molecule has 0 radical (unpaired) electrons. The number of halogens is 1. The second-order valence-electron chi connectivity index (χ2n) is 5.22. The highest BCUT2D eigenvalue weighted by molar-refractivity contribution is 5.76. The van der Waals surface area contributed by atoms with Crippen LogP contribution in [0.25, 0.3) is 0 Å². The smallest absolute Gasteiger partial charge is 0.222 e. The molecule has 1 amide bonds. The standard InChI is InChI=1S/C18H20FNO3/c1-20(12-13-23-17-9-5-3-7-15(17)19)18(22)11-10-14-6-2-4-8-16(14)21/h2-9,21H,10-13H2,1H3. The first-order chi connectivity index (χ1) is 11.1. The van der Waals surface area contributed by atoms with Crippen LogP contribution in [0.1, 0.15) is 12.0 Å². The van der Waals surface area contributed by atoms with Gasteiger partial charge in [-0.25, -0.2) is 4.39 Å². The van der Waals surface area contributed by atoms with Crippen molar-refractivity contribution in [2.45, 2.75) is 12.8 Å². The lowest BCUT2D eigenvalue weighted by Gasteiger charge is -2.17. The third kappa shape index (κ3) is 4.98.